The lowest BCUT2D eigenvalue weighted by Crippen LogP contribution is -2.60. The predicted octanol–water partition coefficient (Wildman–Crippen LogP) is 16.7. The van der Waals surface area contributed by atoms with Crippen LogP contribution in [0.2, 0.25) is 0 Å². The fourth-order valence-electron chi connectivity index (χ4n) is 15.3. The first kappa shape index (κ1) is 47.1. The van der Waals surface area contributed by atoms with E-state index in [2.05, 4.69) is 312 Å². The van der Waals surface area contributed by atoms with Crippen molar-refractivity contribution in [1.82, 2.24) is 0 Å². The average Bonchev–Trinajstić information content (AvgIpc) is 0.710. The molecule has 14 aromatic carbocycles. The van der Waals surface area contributed by atoms with Crippen molar-refractivity contribution in [2.45, 2.75) is 13.8 Å². The summed E-state index contributed by atoms with van der Waals surface area (Å²) in [5.41, 5.74) is 29.6. The van der Waals surface area contributed by atoms with Crippen LogP contribution in [0.3, 0.4) is 0 Å². The Balaban J connectivity index is 0.925. The van der Waals surface area contributed by atoms with Crippen LogP contribution < -0.4 is 52.4 Å². The third-order valence-electron chi connectivity index (χ3n) is 18.5. The molecule has 0 saturated heterocycles. The third-order valence-corrected chi connectivity index (χ3v) is 18.5. The summed E-state index contributed by atoms with van der Waals surface area (Å²) < 4.78 is 0. The first-order chi connectivity index (χ1) is 41.5. The standard InChI is InChI=1S/C78H52B2N4/c1-49-33-39-65-69(42-49)83(57-29-17-7-18-30-57)72-48-60(82(55-25-13-5-14-26-55)56-27-15-6-16-28-56)46-64-62-38-35-52-44-67-75-61(37-34-51-45-68(79(65)78(64)72)76(62)74(52)73(51)75)63-41-50(2)43-71-77(63)80(67)66-40-36-59(47-70(66)84(71)58-31-19-8-20-32-58)81(53-21-9-3-10-22-53)54-23-11-4-12-24-54/h3-48H,1-2H3. The lowest BCUT2D eigenvalue weighted by molar-refractivity contribution is 1.25. The van der Waals surface area contributed by atoms with Gasteiger partial charge in [-0.25, -0.2) is 0 Å². The van der Waals surface area contributed by atoms with Gasteiger partial charge < -0.3 is 19.6 Å². The average molecular weight is 1070 g/mol. The van der Waals surface area contributed by atoms with E-state index in [-0.39, 0.29) is 13.4 Å². The summed E-state index contributed by atoms with van der Waals surface area (Å²) >= 11 is 0. The molecule has 0 atom stereocenters. The zero-order valence-electron chi connectivity index (χ0n) is 46.5. The van der Waals surface area contributed by atoms with E-state index in [1.165, 1.54) is 121 Å². The number of aryl methyl sites for hydroxylation is 2. The highest BCUT2D eigenvalue weighted by Gasteiger charge is 2.45. The molecule has 0 aromatic heterocycles. The fourth-order valence-corrected chi connectivity index (χ4v) is 15.3. The van der Waals surface area contributed by atoms with E-state index in [1.54, 1.807) is 0 Å². The molecular weight excluding hydrogens is 1010 g/mol. The van der Waals surface area contributed by atoms with E-state index in [1.807, 2.05) is 0 Å². The number of nitrogens with zero attached hydrogens (tertiary/aromatic N) is 4. The van der Waals surface area contributed by atoms with Crippen molar-refractivity contribution in [1.29, 1.82) is 0 Å². The Morgan fingerprint density at radius 3 is 1.14 bits per heavy atom. The van der Waals surface area contributed by atoms with E-state index >= 15 is 0 Å². The molecule has 0 bridgehead atoms. The molecule has 0 amide bonds. The predicted molar refractivity (Wildman–Crippen MR) is 359 cm³/mol. The van der Waals surface area contributed by atoms with Crippen LogP contribution in [0.5, 0.6) is 0 Å². The van der Waals surface area contributed by atoms with Gasteiger partial charge in [0.15, 0.2) is 0 Å². The molecule has 6 heteroatoms. The monoisotopic (exact) mass is 1070 g/mol. The maximum Gasteiger partial charge on any atom is 0.248 e. The van der Waals surface area contributed by atoms with Gasteiger partial charge in [-0.1, -0.05) is 181 Å². The van der Waals surface area contributed by atoms with Crippen molar-refractivity contribution in [2.75, 3.05) is 19.6 Å². The summed E-state index contributed by atoms with van der Waals surface area (Å²) in [5.74, 6) is 0. The Labute approximate surface area is 489 Å². The zero-order chi connectivity index (χ0) is 55.3. The Bertz CT molecular complexity index is 4920. The van der Waals surface area contributed by atoms with Crippen LogP contribution in [-0.4, -0.2) is 13.4 Å². The first-order valence-corrected chi connectivity index (χ1v) is 29.4. The topological polar surface area (TPSA) is 13.0 Å². The number of fused-ring (bicyclic) bond motifs is 8. The molecule has 0 spiro atoms. The second-order valence-electron chi connectivity index (χ2n) is 23.3. The normalized spacial score (nSPS) is 13.0. The van der Waals surface area contributed by atoms with Gasteiger partial charge in [-0.05, 0) is 211 Å². The molecule has 84 heavy (non-hydrogen) atoms. The van der Waals surface area contributed by atoms with Crippen molar-refractivity contribution in [3.8, 4) is 22.3 Å². The molecule has 0 unspecified atom stereocenters. The van der Waals surface area contributed by atoms with Gasteiger partial charge in [-0.15, -0.1) is 0 Å². The minimum Gasteiger partial charge on any atom is -0.311 e. The largest absolute Gasteiger partial charge is 0.311 e. The van der Waals surface area contributed by atoms with Crippen LogP contribution in [0.15, 0.2) is 279 Å². The highest BCUT2D eigenvalue weighted by molar-refractivity contribution is 7.02. The number of hydrogen-bond donors (Lipinski definition) is 0. The molecule has 0 fully saturated rings. The maximum atomic E-state index is 2.60. The number of rotatable bonds is 8. The van der Waals surface area contributed by atoms with E-state index in [0.29, 0.717) is 0 Å². The summed E-state index contributed by atoms with van der Waals surface area (Å²) in [5, 5.41) is 8.01. The number of anilines is 12. The highest BCUT2D eigenvalue weighted by atomic mass is 15.2. The number of para-hydroxylation sites is 6. The minimum absolute atomic E-state index is 0.0178. The number of hydrogen-bond acceptors (Lipinski definition) is 4. The van der Waals surface area contributed by atoms with Gasteiger partial charge >= 0.3 is 0 Å². The van der Waals surface area contributed by atoms with Gasteiger partial charge in [0.05, 0.1) is 0 Å². The van der Waals surface area contributed by atoms with Crippen molar-refractivity contribution in [2.24, 2.45) is 0 Å². The van der Waals surface area contributed by atoms with Crippen LogP contribution in [-0.2, 0) is 0 Å². The molecular formula is C78H52B2N4. The molecule has 4 aliphatic heterocycles. The quantitative estimate of drug-likeness (QED) is 0.111. The molecule has 390 valence electrons. The van der Waals surface area contributed by atoms with Crippen molar-refractivity contribution < 1.29 is 0 Å². The van der Waals surface area contributed by atoms with E-state index < -0.39 is 0 Å². The third kappa shape index (κ3) is 6.74. The van der Waals surface area contributed by atoms with Gasteiger partial charge in [0, 0.05) is 68.2 Å². The summed E-state index contributed by atoms with van der Waals surface area (Å²) in [6.45, 7) is 4.47. The van der Waals surface area contributed by atoms with Crippen LogP contribution >= 0.6 is 0 Å². The minimum atomic E-state index is -0.0275. The zero-order valence-corrected chi connectivity index (χ0v) is 46.5. The van der Waals surface area contributed by atoms with Gasteiger partial charge in [0.1, 0.15) is 0 Å². The SMILES string of the molecule is Cc1ccc2c(c1)N(c1ccccc1)c1cc(N(c3ccccc3)c3ccccc3)cc3c1B2c1cc2ccc4c5c(cc6ccc-3c1c6c25)B1c2ccc(N(c3ccccc3)c3ccccc3)cc2N(c2ccccc2)c2cc(C)cc-4c21. The Kier molecular flexibility index (Phi) is 10.1. The van der Waals surface area contributed by atoms with Gasteiger partial charge in [-0.2, -0.15) is 0 Å². The Hall–Kier alpha value is -10.6. The van der Waals surface area contributed by atoms with Crippen LogP contribution in [0.25, 0.3) is 54.6 Å². The van der Waals surface area contributed by atoms with Gasteiger partial charge in [0.25, 0.3) is 0 Å². The Morgan fingerprint density at radius 2 is 0.655 bits per heavy atom. The van der Waals surface area contributed by atoms with Crippen LogP contribution in [0.1, 0.15) is 11.1 Å². The van der Waals surface area contributed by atoms with Gasteiger partial charge in [0.2, 0.25) is 13.4 Å². The molecule has 0 radical (unpaired) electrons. The Morgan fingerprint density at radius 1 is 0.262 bits per heavy atom. The molecule has 4 aliphatic rings. The van der Waals surface area contributed by atoms with Crippen LogP contribution in [0, 0.1) is 13.8 Å². The molecule has 0 aliphatic carbocycles. The van der Waals surface area contributed by atoms with Crippen LogP contribution in [0.4, 0.5) is 68.2 Å². The lowest BCUT2D eigenvalue weighted by atomic mass is 9.31. The fraction of sp³-hybridized carbons (Fsp3) is 0.0256. The highest BCUT2D eigenvalue weighted by Crippen LogP contribution is 2.51. The molecule has 4 nitrogen and oxygen atoms in total. The molecule has 18 rings (SSSR count). The van der Waals surface area contributed by atoms with Crippen molar-refractivity contribution in [3.05, 3.63) is 290 Å². The van der Waals surface area contributed by atoms with Crippen molar-refractivity contribution >= 4 is 147 Å². The smallest absolute Gasteiger partial charge is 0.248 e. The summed E-state index contributed by atoms with van der Waals surface area (Å²) in [6.07, 6.45) is 0. The van der Waals surface area contributed by atoms with E-state index in [9.17, 15) is 0 Å². The summed E-state index contributed by atoms with van der Waals surface area (Å²) in [4.78, 5) is 9.92. The summed E-state index contributed by atoms with van der Waals surface area (Å²) in [7, 11) is 0. The molecule has 14 aromatic rings. The second kappa shape index (κ2) is 18.0. The van der Waals surface area contributed by atoms with Gasteiger partial charge in [-0.3, -0.25) is 0 Å². The second-order valence-corrected chi connectivity index (χ2v) is 23.3. The van der Waals surface area contributed by atoms with Crippen molar-refractivity contribution in [3.63, 3.8) is 0 Å². The first-order valence-electron chi connectivity index (χ1n) is 29.4. The lowest BCUT2D eigenvalue weighted by Gasteiger charge is -2.43. The molecule has 0 N–H and O–H groups in total. The summed E-state index contributed by atoms with van der Waals surface area (Å²) in [6, 6.07) is 105. The molecule has 0 saturated carbocycles. The number of benzene rings is 14. The van der Waals surface area contributed by atoms with E-state index in [4.69, 9.17) is 0 Å². The molecule has 4 heterocycles. The maximum absolute atomic E-state index is 2.60. The van der Waals surface area contributed by atoms with E-state index in [0.717, 1.165) is 45.5 Å².